The van der Waals surface area contributed by atoms with Crippen LogP contribution in [-0.2, 0) is 22.7 Å². The predicted octanol–water partition coefficient (Wildman–Crippen LogP) is 4.68. The fourth-order valence-electron chi connectivity index (χ4n) is 4.04. The molecule has 148 valence electrons. The maximum atomic E-state index is 13.5. The molecule has 0 bridgehead atoms. The van der Waals surface area contributed by atoms with Crippen molar-refractivity contribution < 1.29 is 17.2 Å². The Hall–Kier alpha value is -2.93. The molecule has 1 aliphatic carbocycles. The Morgan fingerprint density at radius 3 is 2.52 bits per heavy atom. The van der Waals surface area contributed by atoms with Crippen LogP contribution >= 0.6 is 0 Å². The molecule has 0 N–H and O–H groups in total. The van der Waals surface area contributed by atoms with Gasteiger partial charge in [0.1, 0.15) is 17.3 Å². The van der Waals surface area contributed by atoms with E-state index < -0.39 is 9.84 Å². The quantitative estimate of drug-likeness (QED) is 0.492. The minimum atomic E-state index is -3.47. The van der Waals surface area contributed by atoms with Crippen LogP contribution in [-0.4, -0.2) is 24.3 Å². The molecule has 0 unspecified atom stereocenters. The van der Waals surface area contributed by atoms with Crippen LogP contribution < -0.4 is 0 Å². The Balaban J connectivity index is 1.86. The van der Waals surface area contributed by atoms with Crippen LogP contribution in [0, 0.1) is 5.82 Å². The molecule has 1 aliphatic rings. The fraction of sp³-hybridized carbons (Fsp3) is 0.227. The van der Waals surface area contributed by atoms with Crippen LogP contribution in [0.3, 0.4) is 0 Å². The fourth-order valence-corrected chi connectivity index (χ4v) is 4.93. The maximum absolute atomic E-state index is 13.5. The number of benzene rings is 2. The second-order valence-electron chi connectivity index (χ2n) is 7.39. The topological polar surface area (TPSA) is 64.6 Å². The summed E-state index contributed by atoms with van der Waals surface area (Å²) in [6.45, 7) is 0. The van der Waals surface area contributed by atoms with Crippen LogP contribution in [0.4, 0.5) is 4.39 Å². The van der Waals surface area contributed by atoms with Crippen molar-refractivity contribution in [3.8, 4) is 22.4 Å². The predicted molar refractivity (Wildman–Crippen MR) is 108 cm³/mol. The summed E-state index contributed by atoms with van der Waals surface area (Å²) in [7, 11) is -3.47. The Bertz CT molecular complexity index is 1330. The molecule has 2 heterocycles. The number of hydrogen-bond acceptors (Lipinski definition) is 4. The van der Waals surface area contributed by atoms with E-state index in [9.17, 15) is 12.8 Å². The van der Waals surface area contributed by atoms with E-state index in [1.54, 1.807) is 40.9 Å². The number of aromatic nitrogens is 2. The standard InChI is InChI=1S/C22H19FN2O3S/c1-29(26,27)19-9-5-2-6-16(19)21-20(14-10-12-15(23)13-11-14)22-25(24-21)17-7-3-4-8-18(17)28-22/h2,5-6,9-13H,3-4,7-8H2,1H3. The van der Waals surface area contributed by atoms with Crippen LogP contribution in [0.2, 0.25) is 0 Å². The normalized spacial score (nSPS) is 14.3. The van der Waals surface area contributed by atoms with E-state index in [1.807, 2.05) is 0 Å². The van der Waals surface area contributed by atoms with Crippen molar-refractivity contribution in [2.45, 2.75) is 30.6 Å². The molecule has 0 atom stereocenters. The maximum Gasteiger partial charge on any atom is 0.230 e. The number of hydrogen-bond donors (Lipinski definition) is 0. The van der Waals surface area contributed by atoms with Gasteiger partial charge in [-0.15, -0.1) is 0 Å². The van der Waals surface area contributed by atoms with Gasteiger partial charge in [0, 0.05) is 18.2 Å². The summed E-state index contributed by atoms with van der Waals surface area (Å²) in [4.78, 5) is 0.206. The van der Waals surface area contributed by atoms with E-state index in [2.05, 4.69) is 0 Å². The molecule has 2 aromatic carbocycles. The molecule has 0 saturated carbocycles. The molecule has 0 saturated heterocycles. The minimum Gasteiger partial charge on any atom is -0.441 e. The van der Waals surface area contributed by atoms with Crippen molar-refractivity contribution in [3.05, 3.63) is 65.8 Å². The molecule has 0 radical (unpaired) electrons. The molecule has 7 heteroatoms. The summed E-state index contributed by atoms with van der Waals surface area (Å²) < 4.78 is 46.3. The third-order valence-electron chi connectivity index (χ3n) is 5.38. The van der Waals surface area contributed by atoms with Crippen LogP contribution in [0.1, 0.15) is 24.3 Å². The van der Waals surface area contributed by atoms with Crippen molar-refractivity contribution in [2.75, 3.05) is 6.26 Å². The van der Waals surface area contributed by atoms with Crippen LogP contribution in [0.5, 0.6) is 0 Å². The van der Waals surface area contributed by atoms with Crippen molar-refractivity contribution in [1.29, 1.82) is 0 Å². The lowest BCUT2D eigenvalue weighted by atomic mass is 10.0. The average molecular weight is 410 g/mol. The number of halogens is 1. The zero-order chi connectivity index (χ0) is 20.2. The first-order valence-corrected chi connectivity index (χ1v) is 11.4. The van der Waals surface area contributed by atoms with E-state index >= 15 is 0 Å². The van der Waals surface area contributed by atoms with E-state index in [0.29, 0.717) is 22.5 Å². The van der Waals surface area contributed by atoms with Gasteiger partial charge >= 0.3 is 0 Å². The zero-order valence-corrected chi connectivity index (χ0v) is 16.7. The van der Waals surface area contributed by atoms with Gasteiger partial charge in [-0.05, 0) is 43.0 Å². The molecule has 5 nitrogen and oxygen atoms in total. The second-order valence-corrected chi connectivity index (χ2v) is 9.38. The highest BCUT2D eigenvalue weighted by atomic mass is 32.2. The summed E-state index contributed by atoms with van der Waals surface area (Å²) in [5, 5.41) is 4.79. The van der Waals surface area contributed by atoms with Crippen molar-refractivity contribution in [3.63, 3.8) is 0 Å². The highest BCUT2D eigenvalue weighted by Crippen LogP contribution is 2.40. The molecule has 5 rings (SSSR count). The molecule has 0 fully saturated rings. The third kappa shape index (κ3) is 2.97. The molecule has 0 spiro atoms. The number of rotatable bonds is 3. The van der Waals surface area contributed by atoms with Gasteiger partial charge in [0.2, 0.25) is 5.71 Å². The molecule has 29 heavy (non-hydrogen) atoms. The Morgan fingerprint density at radius 2 is 1.76 bits per heavy atom. The third-order valence-corrected chi connectivity index (χ3v) is 6.54. The van der Waals surface area contributed by atoms with Gasteiger partial charge < -0.3 is 4.42 Å². The Kier molecular flexibility index (Phi) is 4.10. The first-order chi connectivity index (χ1) is 13.9. The summed E-state index contributed by atoms with van der Waals surface area (Å²) >= 11 is 0. The Labute approximate surface area is 167 Å². The lowest BCUT2D eigenvalue weighted by molar-refractivity contribution is 0.506. The van der Waals surface area contributed by atoms with Gasteiger partial charge in [-0.25, -0.2) is 17.3 Å². The second kappa shape index (κ2) is 6.56. The lowest BCUT2D eigenvalue weighted by Crippen LogP contribution is -2.04. The number of oxazole rings is 1. The van der Waals surface area contributed by atoms with Gasteiger partial charge in [0.05, 0.1) is 16.2 Å². The van der Waals surface area contributed by atoms with E-state index in [-0.39, 0.29) is 10.7 Å². The minimum absolute atomic E-state index is 0.206. The molecular formula is C22H19FN2O3S. The monoisotopic (exact) mass is 410 g/mol. The lowest BCUT2D eigenvalue weighted by Gasteiger charge is -2.10. The number of sulfone groups is 1. The molecule has 0 aliphatic heterocycles. The number of aryl methyl sites for hydroxylation is 2. The highest BCUT2D eigenvalue weighted by Gasteiger charge is 2.28. The first kappa shape index (κ1) is 18.1. The van der Waals surface area contributed by atoms with Gasteiger partial charge in [0.25, 0.3) is 0 Å². The van der Waals surface area contributed by atoms with Crippen LogP contribution in [0.25, 0.3) is 28.1 Å². The Morgan fingerprint density at radius 1 is 1.03 bits per heavy atom. The summed E-state index contributed by atoms with van der Waals surface area (Å²) in [6, 6.07) is 12.9. The van der Waals surface area contributed by atoms with E-state index in [0.717, 1.165) is 42.7 Å². The van der Waals surface area contributed by atoms with Gasteiger partial charge in [-0.3, -0.25) is 0 Å². The van der Waals surface area contributed by atoms with E-state index in [4.69, 9.17) is 9.52 Å². The van der Waals surface area contributed by atoms with Gasteiger partial charge in [0.15, 0.2) is 9.84 Å². The van der Waals surface area contributed by atoms with Crippen molar-refractivity contribution in [1.82, 2.24) is 9.61 Å². The smallest absolute Gasteiger partial charge is 0.230 e. The van der Waals surface area contributed by atoms with Gasteiger partial charge in [-0.1, -0.05) is 30.3 Å². The average Bonchev–Trinajstić information content (AvgIpc) is 3.24. The van der Waals surface area contributed by atoms with E-state index in [1.165, 1.54) is 18.4 Å². The number of nitrogens with zero attached hydrogens (tertiary/aromatic N) is 2. The van der Waals surface area contributed by atoms with Crippen molar-refractivity contribution >= 4 is 15.6 Å². The van der Waals surface area contributed by atoms with Crippen LogP contribution in [0.15, 0.2) is 57.8 Å². The molecule has 0 amide bonds. The first-order valence-electron chi connectivity index (χ1n) is 9.52. The largest absolute Gasteiger partial charge is 0.441 e. The summed E-state index contributed by atoms with van der Waals surface area (Å²) in [5.41, 5.74) is 4.03. The zero-order valence-electron chi connectivity index (χ0n) is 15.9. The summed E-state index contributed by atoms with van der Waals surface area (Å²) in [6.07, 6.45) is 5.03. The highest BCUT2D eigenvalue weighted by molar-refractivity contribution is 7.90. The molecule has 4 aromatic rings. The number of fused-ring (bicyclic) bond motifs is 3. The molecule has 2 aromatic heterocycles. The SMILES string of the molecule is CS(=O)(=O)c1ccccc1-c1nn2c3c(oc2c1-c1ccc(F)cc1)CCCC3. The summed E-state index contributed by atoms with van der Waals surface area (Å²) in [5.74, 6) is 0.582. The molecular weight excluding hydrogens is 391 g/mol. The van der Waals surface area contributed by atoms with Crippen molar-refractivity contribution in [2.24, 2.45) is 0 Å². The van der Waals surface area contributed by atoms with Gasteiger partial charge in [-0.2, -0.15) is 5.10 Å².